The minimum absolute atomic E-state index is 0.732. The molecule has 0 spiro atoms. The monoisotopic (exact) mass is 733 g/mol. The number of fused-ring (bicyclic) bond motifs is 8. The van der Waals surface area contributed by atoms with E-state index in [1.54, 1.807) is 0 Å². The summed E-state index contributed by atoms with van der Waals surface area (Å²) >= 11 is 0. The van der Waals surface area contributed by atoms with Crippen molar-refractivity contribution in [2.24, 2.45) is 0 Å². The number of nitrogens with zero attached hydrogens (tertiary/aromatic N) is 1. The molecule has 0 bridgehead atoms. The molecular weight excluding hydrogens is 699 g/mol. The van der Waals surface area contributed by atoms with Gasteiger partial charge in [-0.05, 0) is 150 Å². The van der Waals surface area contributed by atoms with E-state index in [-0.39, 0.29) is 0 Å². The summed E-state index contributed by atoms with van der Waals surface area (Å²) in [4.78, 5) is 3.86. The summed E-state index contributed by atoms with van der Waals surface area (Å²) in [5, 5.41) is 18.2. The molecule has 0 aromatic heterocycles. The highest BCUT2D eigenvalue weighted by atomic mass is 14.6. The van der Waals surface area contributed by atoms with Crippen molar-refractivity contribution in [2.75, 3.05) is 0 Å². The van der Waals surface area contributed by atoms with E-state index in [2.05, 4.69) is 188 Å². The van der Waals surface area contributed by atoms with Crippen molar-refractivity contribution in [1.82, 2.24) is 0 Å². The maximum absolute atomic E-state index is 7.82. The molecule has 0 saturated heterocycles. The van der Waals surface area contributed by atoms with E-state index in [1.165, 1.54) is 109 Å². The smallest absolute Gasteiger partial charge is 0.191 e. The van der Waals surface area contributed by atoms with Crippen LogP contribution in [-0.2, 0) is 6.42 Å². The van der Waals surface area contributed by atoms with Gasteiger partial charge in [0.05, 0.1) is 6.57 Å². The first-order valence-corrected chi connectivity index (χ1v) is 20.2. The highest BCUT2D eigenvalue weighted by molar-refractivity contribution is 6.45. The molecular formula is C57H35N. The molecule has 0 aliphatic heterocycles. The van der Waals surface area contributed by atoms with Crippen molar-refractivity contribution in [3.05, 3.63) is 199 Å². The Kier molecular flexibility index (Phi) is 7.04. The Balaban J connectivity index is 1.25. The van der Waals surface area contributed by atoms with E-state index in [1.807, 2.05) is 6.07 Å². The first kappa shape index (κ1) is 32.7. The maximum atomic E-state index is 7.82. The van der Waals surface area contributed by atoms with Crippen LogP contribution >= 0.6 is 0 Å². The lowest BCUT2D eigenvalue weighted by Crippen LogP contribution is -1.91. The van der Waals surface area contributed by atoms with Crippen LogP contribution in [0, 0.1) is 6.57 Å². The molecule has 12 aromatic rings. The molecule has 0 N–H and O–H groups in total. The molecule has 58 heavy (non-hydrogen) atoms. The minimum atomic E-state index is 0.732. The zero-order valence-corrected chi connectivity index (χ0v) is 32.0. The Morgan fingerprint density at radius 2 is 0.879 bits per heavy atom. The van der Waals surface area contributed by atoms with E-state index in [0.29, 0.717) is 0 Å². The fourth-order valence-corrected chi connectivity index (χ4v) is 10.3. The average Bonchev–Trinajstić information content (AvgIpc) is 3.80. The Morgan fingerprint density at radius 3 is 1.62 bits per heavy atom. The topological polar surface area (TPSA) is 4.36 Å². The van der Waals surface area contributed by atoms with E-state index >= 15 is 0 Å². The third-order valence-electron chi connectivity index (χ3n) is 12.7. The summed E-state index contributed by atoms with van der Waals surface area (Å²) in [6.07, 6.45) is 0.848. The first-order chi connectivity index (χ1) is 28.7. The fourth-order valence-electron chi connectivity index (χ4n) is 10.3. The molecule has 0 saturated carbocycles. The molecule has 0 heterocycles. The summed E-state index contributed by atoms with van der Waals surface area (Å²) in [5.41, 5.74) is 11.4. The lowest BCUT2D eigenvalue weighted by molar-refractivity contribution is 1.15. The molecule has 0 fully saturated rings. The normalized spacial score (nSPS) is 11.9. The molecule has 0 unspecified atom stereocenters. The summed E-state index contributed by atoms with van der Waals surface area (Å²) in [6.45, 7) is 9.93. The van der Waals surface area contributed by atoms with Gasteiger partial charge in [0, 0.05) is 0 Å². The second-order valence-electron chi connectivity index (χ2n) is 15.6. The lowest BCUT2D eigenvalue weighted by atomic mass is 9.84. The van der Waals surface area contributed by atoms with Gasteiger partial charge in [-0.25, -0.2) is 4.85 Å². The SMILES string of the molecule is [C-]#[N+]c1cc(-c2cccc(-c3ccc4c5c(-c6ccccc6)c6cc7c8ccccc8c8cccc(c6c(-c6ccccc6)c5c5cccc3c45)c87)c2)ccc1CC. The van der Waals surface area contributed by atoms with Crippen LogP contribution in [-0.4, -0.2) is 0 Å². The summed E-state index contributed by atoms with van der Waals surface area (Å²) in [6, 6.07) is 67.2. The van der Waals surface area contributed by atoms with Crippen LogP contribution < -0.4 is 0 Å². The summed E-state index contributed by atoms with van der Waals surface area (Å²) < 4.78 is 0. The quantitative estimate of drug-likeness (QED) is 0.123. The van der Waals surface area contributed by atoms with Crippen molar-refractivity contribution in [3.8, 4) is 44.5 Å². The van der Waals surface area contributed by atoms with Crippen LogP contribution in [0.2, 0.25) is 0 Å². The highest BCUT2D eigenvalue weighted by Crippen LogP contribution is 2.55. The van der Waals surface area contributed by atoms with Crippen LogP contribution in [0.4, 0.5) is 5.69 Å². The van der Waals surface area contributed by atoms with Crippen molar-refractivity contribution >= 4 is 81.1 Å². The number of benzene rings is 10. The van der Waals surface area contributed by atoms with Gasteiger partial charge in [-0.2, -0.15) is 0 Å². The van der Waals surface area contributed by atoms with Gasteiger partial charge in [-0.15, -0.1) is 0 Å². The average molecular weight is 734 g/mol. The third kappa shape index (κ3) is 4.52. The minimum Gasteiger partial charge on any atom is -0.238 e. The Bertz CT molecular complexity index is 3650. The van der Waals surface area contributed by atoms with Crippen LogP contribution in [0.5, 0.6) is 0 Å². The Hall–Kier alpha value is -7.53. The Labute approximate surface area is 336 Å². The van der Waals surface area contributed by atoms with Crippen LogP contribution in [0.3, 0.4) is 0 Å². The van der Waals surface area contributed by atoms with Gasteiger partial charge < -0.3 is 0 Å². The molecule has 12 aromatic carbocycles. The molecule has 1 nitrogen and oxygen atoms in total. The molecule has 12 rings (SSSR count). The number of rotatable bonds is 5. The van der Waals surface area contributed by atoms with Crippen molar-refractivity contribution in [2.45, 2.75) is 13.3 Å². The van der Waals surface area contributed by atoms with E-state index in [9.17, 15) is 0 Å². The predicted octanol–water partition coefficient (Wildman–Crippen LogP) is 16.4. The molecule has 0 atom stereocenters. The largest absolute Gasteiger partial charge is 0.238 e. The highest BCUT2D eigenvalue weighted by Gasteiger charge is 2.27. The van der Waals surface area contributed by atoms with Gasteiger partial charge in [-0.1, -0.05) is 171 Å². The standard InChI is InChI=1S/C57H35N/c1-3-34-27-28-38(32-50(34)58-2)37-19-12-20-39(31-37)40-29-30-47-53-43(40)23-13-26-46(53)57-52(36-17-8-5-9-18-36)55-45-25-14-24-44-41-21-10-11-22-42(41)48(54(44)45)33-49(55)51(56(47)57)35-15-6-4-7-16-35/h4-33H,3H2,1H3. The van der Waals surface area contributed by atoms with Gasteiger partial charge in [0.2, 0.25) is 0 Å². The predicted molar refractivity (Wildman–Crippen MR) is 249 cm³/mol. The van der Waals surface area contributed by atoms with Crippen molar-refractivity contribution in [3.63, 3.8) is 0 Å². The van der Waals surface area contributed by atoms with Crippen LogP contribution in [0.1, 0.15) is 12.5 Å². The fraction of sp³-hybridized carbons (Fsp3) is 0.0351. The number of hydrogen-bond donors (Lipinski definition) is 0. The summed E-state index contributed by atoms with van der Waals surface area (Å²) in [7, 11) is 0. The molecule has 268 valence electrons. The second kappa shape index (κ2) is 12.5. The molecule has 1 heteroatoms. The van der Waals surface area contributed by atoms with Gasteiger partial charge in [0.25, 0.3) is 0 Å². The maximum Gasteiger partial charge on any atom is 0.191 e. The van der Waals surface area contributed by atoms with Crippen LogP contribution in [0.15, 0.2) is 182 Å². The Morgan fingerprint density at radius 1 is 0.345 bits per heavy atom. The van der Waals surface area contributed by atoms with Gasteiger partial charge >= 0.3 is 0 Å². The van der Waals surface area contributed by atoms with Crippen molar-refractivity contribution in [1.29, 1.82) is 0 Å². The van der Waals surface area contributed by atoms with E-state index in [4.69, 9.17) is 6.57 Å². The van der Waals surface area contributed by atoms with Gasteiger partial charge in [0.15, 0.2) is 5.69 Å². The third-order valence-corrected chi connectivity index (χ3v) is 12.7. The first-order valence-electron chi connectivity index (χ1n) is 20.2. The van der Waals surface area contributed by atoms with Gasteiger partial charge in [-0.3, -0.25) is 0 Å². The molecule has 0 aliphatic carbocycles. The number of hydrogen-bond acceptors (Lipinski definition) is 0. The zero-order chi connectivity index (χ0) is 38.5. The molecule has 0 radical (unpaired) electrons. The molecule has 0 aliphatic rings. The number of aryl methyl sites for hydroxylation is 1. The van der Waals surface area contributed by atoms with Gasteiger partial charge in [0.1, 0.15) is 0 Å². The molecule has 0 amide bonds. The lowest BCUT2D eigenvalue weighted by Gasteiger charge is -2.19. The van der Waals surface area contributed by atoms with E-state index in [0.717, 1.165) is 28.8 Å². The van der Waals surface area contributed by atoms with E-state index < -0.39 is 0 Å². The van der Waals surface area contributed by atoms with Crippen molar-refractivity contribution < 1.29 is 0 Å². The second-order valence-corrected chi connectivity index (χ2v) is 15.6. The van der Waals surface area contributed by atoms with Crippen LogP contribution in [0.25, 0.3) is 125 Å². The zero-order valence-electron chi connectivity index (χ0n) is 32.0. The summed E-state index contributed by atoms with van der Waals surface area (Å²) in [5.74, 6) is 0.